The van der Waals surface area contributed by atoms with Crippen molar-refractivity contribution in [1.82, 2.24) is 4.98 Å². The first kappa shape index (κ1) is 21.8. The highest BCUT2D eigenvalue weighted by atomic mass is 19.4. The van der Waals surface area contributed by atoms with Gasteiger partial charge in [-0.1, -0.05) is 19.9 Å². The molecule has 1 heterocycles. The first-order valence-electron chi connectivity index (χ1n) is 12.7. The first-order valence-corrected chi connectivity index (χ1v) is 12.7. The summed E-state index contributed by atoms with van der Waals surface area (Å²) in [6.07, 6.45) is 10.7. The van der Waals surface area contributed by atoms with Crippen LogP contribution in [0.25, 0.3) is 0 Å². The summed E-state index contributed by atoms with van der Waals surface area (Å²) in [5.41, 5.74) is 1.97. The Labute approximate surface area is 185 Å². The minimum absolute atomic E-state index is 0.141. The van der Waals surface area contributed by atoms with E-state index in [9.17, 15) is 13.2 Å². The molecular weight excluding hydrogens is 395 g/mol. The Hall–Kier alpha value is -1.06. The van der Waals surface area contributed by atoms with Gasteiger partial charge in [0.15, 0.2) is 0 Å². The number of halogens is 3. The highest BCUT2D eigenvalue weighted by Crippen LogP contribution is 2.68. The number of hydrogen-bond donors (Lipinski definition) is 0. The molecule has 4 heteroatoms. The number of hydrogen-bond acceptors (Lipinski definition) is 1. The molecule has 0 saturated heterocycles. The zero-order chi connectivity index (χ0) is 21.9. The van der Waals surface area contributed by atoms with E-state index in [1.807, 2.05) is 6.20 Å². The van der Waals surface area contributed by atoms with Crippen LogP contribution in [0.2, 0.25) is 0 Å². The zero-order valence-electron chi connectivity index (χ0n) is 19.1. The highest BCUT2D eigenvalue weighted by molar-refractivity contribution is 5.18. The van der Waals surface area contributed by atoms with Crippen molar-refractivity contribution in [3.63, 3.8) is 0 Å². The number of nitrogens with zero attached hydrogens (tertiary/aromatic N) is 1. The predicted molar refractivity (Wildman–Crippen MR) is 117 cm³/mol. The molecule has 0 aliphatic heterocycles. The molecule has 4 saturated carbocycles. The van der Waals surface area contributed by atoms with Crippen LogP contribution in [0.5, 0.6) is 0 Å². The lowest BCUT2D eigenvalue weighted by Crippen LogP contribution is -2.53. The Morgan fingerprint density at radius 2 is 1.74 bits per heavy atom. The van der Waals surface area contributed by atoms with Gasteiger partial charge >= 0.3 is 6.18 Å². The molecule has 1 aromatic rings. The summed E-state index contributed by atoms with van der Waals surface area (Å²) in [5, 5.41) is 0. The largest absolute Gasteiger partial charge is 0.389 e. The first-order chi connectivity index (χ1) is 14.7. The van der Waals surface area contributed by atoms with E-state index < -0.39 is 12.6 Å². The molecule has 0 aromatic carbocycles. The van der Waals surface area contributed by atoms with Gasteiger partial charge in [0.1, 0.15) is 0 Å². The average molecular weight is 434 g/mol. The van der Waals surface area contributed by atoms with Gasteiger partial charge in [-0.2, -0.15) is 13.2 Å². The van der Waals surface area contributed by atoms with E-state index in [1.165, 1.54) is 50.5 Å². The van der Waals surface area contributed by atoms with Crippen LogP contribution in [0.4, 0.5) is 13.2 Å². The number of rotatable bonds is 3. The second-order valence-corrected chi connectivity index (χ2v) is 11.9. The maximum atomic E-state index is 12.9. The molecule has 4 fully saturated rings. The second-order valence-electron chi connectivity index (χ2n) is 11.9. The number of alkyl halides is 3. The Balaban J connectivity index is 1.30. The molecule has 3 unspecified atom stereocenters. The Kier molecular flexibility index (Phi) is 5.45. The number of aromatic nitrogens is 1. The van der Waals surface area contributed by atoms with Crippen molar-refractivity contribution in [3.05, 3.63) is 30.1 Å². The fourth-order valence-corrected chi connectivity index (χ4v) is 9.10. The van der Waals surface area contributed by atoms with Crippen LogP contribution in [-0.4, -0.2) is 11.2 Å². The molecule has 4 aliphatic rings. The third kappa shape index (κ3) is 3.74. The Bertz CT molecular complexity index is 776. The quantitative estimate of drug-likeness (QED) is 0.468. The van der Waals surface area contributed by atoms with Gasteiger partial charge in [-0.15, -0.1) is 0 Å². The zero-order valence-corrected chi connectivity index (χ0v) is 19.1. The lowest BCUT2D eigenvalue weighted by Gasteiger charge is -2.61. The maximum Gasteiger partial charge on any atom is 0.389 e. The summed E-state index contributed by atoms with van der Waals surface area (Å²) in [7, 11) is 0. The van der Waals surface area contributed by atoms with E-state index in [0.29, 0.717) is 23.7 Å². The van der Waals surface area contributed by atoms with Crippen LogP contribution in [0.15, 0.2) is 24.5 Å². The molecule has 5 rings (SSSR count). The molecule has 0 spiro atoms. The molecule has 4 aliphatic carbocycles. The monoisotopic (exact) mass is 433 g/mol. The molecule has 1 nitrogen and oxygen atoms in total. The fraction of sp³-hybridized carbons (Fsp3) is 0.815. The predicted octanol–water partition coefficient (Wildman–Crippen LogP) is 8.17. The normalized spacial score (nSPS) is 44.9. The highest BCUT2D eigenvalue weighted by Gasteiger charge is 2.60. The third-order valence-corrected chi connectivity index (χ3v) is 10.8. The summed E-state index contributed by atoms with van der Waals surface area (Å²) < 4.78 is 38.7. The van der Waals surface area contributed by atoms with Crippen molar-refractivity contribution in [2.24, 2.45) is 40.4 Å². The minimum atomic E-state index is -4.01. The number of fused-ring (bicyclic) bond motifs is 5. The summed E-state index contributed by atoms with van der Waals surface area (Å²) in [4.78, 5) is 4.36. The van der Waals surface area contributed by atoms with Crippen molar-refractivity contribution in [3.8, 4) is 0 Å². The topological polar surface area (TPSA) is 12.9 Å². The van der Waals surface area contributed by atoms with Crippen LogP contribution in [0.1, 0.15) is 96.0 Å². The Morgan fingerprint density at radius 3 is 2.48 bits per heavy atom. The average Bonchev–Trinajstić information content (AvgIpc) is 3.08. The van der Waals surface area contributed by atoms with Crippen molar-refractivity contribution >= 4 is 0 Å². The van der Waals surface area contributed by atoms with Crippen LogP contribution in [0.3, 0.4) is 0 Å². The summed E-state index contributed by atoms with van der Waals surface area (Å²) in [6.45, 7) is 4.93. The molecule has 0 radical (unpaired) electrons. The summed E-state index contributed by atoms with van der Waals surface area (Å²) >= 11 is 0. The van der Waals surface area contributed by atoms with Gasteiger partial charge in [0.2, 0.25) is 0 Å². The summed E-state index contributed by atoms with van der Waals surface area (Å²) in [6, 6.07) is 4.31. The molecule has 31 heavy (non-hydrogen) atoms. The van der Waals surface area contributed by atoms with Gasteiger partial charge in [0.25, 0.3) is 0 Å². The van der Waals surface area contributed by atoms with E-state index in [2.05, 4.69) is 37.2 Å². The lowest BCUT2D eigenvalue weighted by atomic mass is 9.44. The van der Waals surface area contributed by atoms with Gasteiger partial charge in [-0.05, 0) is 122 Å². The second kappa shape index (κ2) is 7.76. The molecule has 0 N–H and O–H groups in total. The Morgan fingerprint density at radius 1 is 0.968 bits per heavy atom. The van der Waals surface area contributed by atoms with Crippen molar-refractivity contribution in [2.75, 3.05) is 0 Å². The molecule has 0 amide bonds. The lowest BCUT2D eigenvalue weighted by molar-refractivity contribution is -0.144. The van der Waals surface area contributed by atoms with Gasteiger partial charge in [-0.3, -0.25) is 4.98 Å². The standard InChI is InChI=1S/C27H38F3N/c1-25-13-11-24-22(23(25)8-6-20(25)10-14-27(28,29)30)7-5-21-16-18(9-12-26(21,24)2)19-4-3-15-31-17-19/h3-4,15,17-18,20-24H,5-14,16H2,1-2H3/t18-,20?,21+,22-,23?,24?,25+,26-/m0/s1. The van der Waals surface area contributed by atoms with Crippen LogP contribution in [-0.2, 0) is 0 Å². The fourth-order valence-electron chi connectivity index (χ4n) is 9.10. The molecule has 172 valence electrons. The molecule has 0 bridgehead atoms. The molecule has 8 atom stereocenters. The van der Waals surface area contributed by atoms with Crippen LogP contribution < -0.4 is 0 Å². The van der Waals surface area contributed by atoms with Gasteiger partial charge in [0, 0.05) is 18.8 Å². The van der Waals surface area contributed by atoms with E-state index in [4.69, 9.17) is 0 Å². The minimum Gasteiger partial charge on any atom is -0.264 e. The van der Waals surface area contributed by atoms with Crippen molar-refractivity contribution < 1.29 is 13.2 Å². The molecular formula is C27H38F3N. The molecule has 1 aromatic heterocycles. The summed E-state index contributed by atoms with van der Waals surface area (Å²) in [5.74, 6) is 3.88. The van der Waals surface area contributed by atoms with Gasteiger partial charge < -0.3 is 0 Å². The maximum absolute atomic E-state index is 12.9. The van der Waals surface area contributed by atoms with E-state index >= 15 is 0 Å². The van der Waals surface area contributed by atoms with Crippen molar-refractivity contribution in [2.45, 2.75) is 96.6 Å². The van der Waals surface area contributed by atoms with Gasteiger partial charge in [0.05, 0.1) is 0 Å². The van der Waals surface area contributed by atoms with E-state index in [1.54, 1.807) is 0 Å². The SMILES string of the molecule is C[C@]12CCC3[C@@H](CC[C@@H]4C[C@@H](c5cccnc5)CC[C@]34C)C1CCC2CCC(F)(F)F. The third-order valence-electron chi connectivity index (χ3n) is 10.8. The van der Waals surface area contributed by atoms with Gasteiger partial charge in [-0.25, -0.2) is 0 Å². The number of pyridine rings is 1. The van der Waals surface area contributed by atoms with Crippen molar-refractivity contribution in [1.29, 1.82) is 0 Å². The smallest absolute Gasteiger partial charge is 0.264 e. The van der Waals surface area contributed by atoms with E-state index in [-0.39, 0.29) is 11.3 Å². The van der Waals surface area contributed by atoms with Crippen LogP contribution in [0, 0.1) is 40.4 Å². The van der Waals surface area contributed by atoms with Crippen LogP contribution >= 0.6 is 0 Å². The van der Waals surface area contributed by atoms with E-state index in [0.717, 1.165) is 30.6 Å².